The average Bonchev–Trinajstić information content (AvgIpc) is 3.14. The predicted octanol–water partition coefficient (Wildman–Crippen LogP) is 4.49. The van der Waals surface area contributed by atoms with Crippen molar-refractivity contribution >= 4 is 39.2 Å². The van der Waals surface area contributed by atoms with Gasteiger partial charge >= 0.3 is 0 Å². The highest BCUT2D eigenvalue weighted by atomic mass is 32.2. The average molecular weight is 496 g/mol. The lowest BCUT2D eigenvalue weighted by atomic mass is 10.2. The Morgan fingerprint density at radius 1 is 1.09 bits per heavy atom. The van der Waals surface area contributed by atoms with E-state index in [0.717, 1.165) is 21.7 Å². The molecule has 0 aliphatic carbocycles. The summed E-state index contributed by atoms with van der Waals surface area (Å²) in [5.41, 5.74) is 2.44. The number of nitrogens with zero attached hydrogens (tertiary/aromatic N) is 2. The van der Waals surface area contributed by atoms with Gasteiger partial charge in [-0.25, -0.2) is 4.98 Å². The molecule has 2 heterocycles. The molecular formula is C25H25N3O4S2. The van der Waals surface area contributed by atoms with Crippen molar-refractivity contribution in [2.24, 2.45) is 0 Å². The molecule has 0 aliphatic rings. The van der Waals surface area contributed by atoms with Gasteiger partial charge in [-0.3, -0.25) is 14.2 Å². The zero-order valence-electron chi connectivity index (χ0n) is 19.4. The zero-order valence-corrected chi connectivity index (χ0v) is 21.0. The van der Waals surface area contributed by atoms with Crippen LogP contribution in [0.25, 0.3) is 15.9 Å². The third kappa shape index (κ3) is 4.80. The van der Waals surface area contributed by atoms with Crippen LogP contribution in [0, 0.1) is 13.8 Å². The van der Waals surface area contributed by atoms with Gasteiger partial charge in [-0.2, -0.15) is 0 Å². The fourth-order valence-electron chi connectivity index (χ4n) is 3.55. The maximum atomic E-state index is 13.4. The van der Waals surface area contributed by atoms with Gasteiger partial charge in [0.05, 0.1) is 31.0 Å². The van der Waals surface area contributed by atoms with Crippen LogP contribution in [0.3, 0.4) is 0 Å². The molecule has 1 amide bonds. The van der Waals surface area contributed by atoms with Crippen LogP contribution in [-0.2, 0) is 11.3 Å². The minimum absolute atomic E-state index is 0.119. The summed E-state index contributed by atoms with van der Waals surface area (Å²) in [6, 6.07) is 14.9. The van der Waals surface area contributed by atoms with Gasteiger partial charge < -0.3 is 14.8 Å². The van der Waals surface area contributed by atoms with E-state index in [1.54, 1.807) is 24.9 Å². The first-order chi connectivity index (χ1) is 16.4. The van der Waals surface area contributed by atoms with Crippen molar-refractivity contribution in [3.05, 3.63) is 74.9 Å². The van der Waals surface area contributed by atoms with Gasteiger partial charge in [-0.1, -0.05) is 36.0 Å². The Hall–Kier alpha value is -3.30. The second-order valence-corrected chi connectivity index (χ2v) is 9.73. The number of thioether (sulfide) groups is 1. The minimum Gasteiger partial charge on any atom is -0.493 e. The lowest BCUT2D eigenvalue weighted by Crippen LogP contribution is -2.26. The first-order valence-electron chi connectivity index (χ1n) is 10.6. The summed E-state index contributed by atoms with van der Waals surface area (Å²) in [7, 11) is 3.15. The number of aryl methyl sites for hydroxylation is 2. The third-order valence-electron chi connectivity index (χ3n) is 5.46. The molecule has 0 spiro atoms. The molecule has 0 fully saturated rings. The van der Waals surface area contributed by atoms with Crippen LogP contribution in [0.15, 0.2) is 58.5 Å². The van der Waals surface area contributed by atoms with Gasteiger partial charge in [0.25, 0.3) is 5.56 Å². The van der Waals surface area contributed by atoms with E-state index in [-0.39, 0.29) is 17.2 Å². The van der Waals surface area contributed by atoms with Crippen molar-refractivity contribution in [2.75, 3.05) is 20.0 Å². The van der Waals surface area contributed by atoms with E-state index in [2.05, 4.69) is 5.32 Å². The zero-order chi connectivity index (χ0) is 24.2. The molecule has 7 nitrogen and oxygen atoms in total. The molecule has 0 atom stereocenters. The summed E-state index contributed by atoms with van der Waals surface area (Å²) in [5, 5.41) is 4.04. The Kier molecular flexibility index (Phi) is 7.23. The Morgan fingerprint density at radius 2 is 1.82 bits per heavy atom. The standard InChI is InChI=1S/C25H25N3O4S2/c1-15-16(2)34-23-22(15)24(30)28(18-8-6-5-7-9-18)25(27-23)33-14-21(29)26-13-17-10-11-19(31-3)20(12-17)32-4/h5-12H,13-14H2,1-4H3,(H,26,29). The fourth-order valence-corrected chi connectivity index (χ4v) is 5.46. The number of benzene rings is 2. The van der Waals surface area contributed by atoms with Crippen molar-refractivity contribution in [3.8, 4) is 17.2 Å². The number of nitrogens with one attached hydrogen (secondary N) is 1. The Labute approximate surface area is 205 Å². The van der Waals surface area contributed by atoms with Gasteiger partial charge in [0, 0.05) is 11.4 Å². The molecule has 176 valence electrons. The molecule has 0 saturated carbocycles. The van der Waals surface area contributed by atoms with Gasteiger partial charge in [-0.05, 0) is 49.2 Å². The Morgan fingerprint density at radius 3 is 2.53 bits per heavy atom. The summed E-state index contributed by atoms with van der Waals surface area (Å²) in [6.07, 6.45) is 0. The number of fused-ring (bicyclic) bond motifs is 1. The van der Waals surface area contributed by atoms with Crippen molar-refractivity contribution in [2.45, 2.75) is 25.5 Å². The first-order valence-corrected chi connectivity index (χ1v) is 12.4. The number of para-hydroxylation sites is 1. The first kappa shape index (κ1) is 23.8. The fraction of sp³-hybridized carbons (Fsp3) is 0.240. The molecule has 2 aromatic heterocycles. The molecule has 2 aromatic carbocycles. The topological polar surface area (TPSA) is 82.5 Å². The van der Waals surface area contributed by atoms with Gasteiger partial charge in [0.1, 0.15) is 4.83 Å². The van der Waals surface area contributed by atoms with Crippen LogP contribution in [0.2, 0.25) is 0 Å². The van der Waals surface area contributed by atoms with E-state index in [4.69, 9.17) is 14.5 Å². The van der Waals surface area contributed by atoms with E-state index < -0.39 is 0 Å². The lowest BCUT2D eigenvalue weighted by Gasteiger charge is -2.13. The maximum absolute atomic E-state index is 13.4. The summed E-state index contributed by atoms with van der Waals surface area (Å²) in [6.45, 7) is 4.28. The number of carbonyl (C=O) groups excluding carboxylic acids is 1. The molecule has 0 aliphatic heterocycles. The molecule has 0 radical (unpaired) electrons. The highest BCUT2D eigenvalue weighted by Crippen LogP contribution is 2.30. The number of carbonyl (C=O) groups is 1. The Bertz CT molecular complexity index is 1400. The summed E-state index contributed by atoms with van der Waals surface area (Å²) in [4.78, 5) is 32.6. The molecule has 1 N–H and O–H groups in total. The van der Waals surface area contributed by atoms with Crippen LogP contribution >= 0.6 is 23.1 Å². The highest BCUT2D eigenvalue weighted by Gasteiger charge is 2.18. The van der Waals surface area contributed by atoms with E-state index in [1.165, 1.54) is 23.1 Å². The molecule has 0 bridgehead atoms. The van der Waals surface area contributed by atoms with Gasteiger partial charge in [0.15, 0.2) is 16.7 Å². The molecule has 0 unspecified atom stereocenters. The van der Waals surface area contributed by atoms with E-state index in [0.29, 0.717) is 33.4 Å². The number of thiophene rings is 1. The second kappa shape index (κ2) is 10.3. The Balaban J connectivity index is 1.55. The summed E-state index contributed by atoms with van der Waals surface area (Å²) < 4.78 is 12.2. The minimum atomic E-state index is -0.160. The van der Waals surface area contributed by atoms with E-state index >= 15 is 0 Å². The normalized spacial score (nSPS) is 10.9. The number of aromatic nitrogens is 2. The third-order valence-corrected chi connectivity index (χ3v) is 7.50. The molecule has 0 saturated heterocycles. The smallest absolute Gasteiger partial charge is 0.267 e. The summed E-state index contributed by atoms with van der Waals surface area (Å²) in [5.74, 6) is 1.20. The molecule has 4 rings (SSSR count). The van der Waals surface area contributed by atoms with Crippen molar-refractivity contribution in [1.82, 2.24) is 14.9 Å². The number of hydrogen-bond donors (Lipinski definition) is 1. The predicted molar refractivity (Wildman–Crippen MR) is 137 cm³/mol. The number of methoxy groups -OCH3 is 2. The van der Waals surface area contributed by atoms with Crippen LogP contribution in [0.5, 0.6) is 11.5 Å². The molecule has 4 aromatic rings. The van der Waals surface area contributed by atoms with Crippen LogP contribution < -0.4 is 20.3 Å². The number of rotatable bonds is 8. The number of ether oxygens (including phenoxy) is 2. The second-order valence-electron chi connectivity index (χ2n) is 7.59. The highest BCUT2D eigenvalue weighted by molar-refractivity contribution is 7.99. The van der Waals surface area contributed by atoms with E-state index in [9.17, 15) is 9.59 Å². The van der Waals surface area contributed by atoms with Crippen LogP contribution in [0.1, 0.15) is 16.0 Å². The van der Waals surface area contributed by atoms with Crippen molar-refractivity contribution in [1.29, 1.82) is 0 Å². The van der Waals surface area contributed by atoms with Gasteiger partial charge in [0.2, 0.25) is 5.91 Å². The quantitative estimate of drug-likeness (QED) is 0.287. The number of hydrogen-bond acceptors (Lipinski definition) is 7. The van der Waals surface area contributed by atoms with Gasteiger partial charge in [-0.15, -0.1) is 11.3 Å². The largest absolute Gasteiger partial charge is 0.493 e. The maximum Gasteiger partial charge on any atom is 0.267 e. The van der Waals surface area contributed by atoms with Crippen molar-refractivity contribution in [3.63, 3.8) is 0 Å². The van der Waals surface area contributed by atoms with Crippen LogP contribution in [0.4, 0.5) is 0 Å². The monoisotopic (exact) mass is 495 g/mol. The molecule has 34 heavy (non-hydrogen) atoms. The SMILES string of the molecule is COc1ccc(CNC(=O)CSc2nc3sc(C)c(C)c3c(=O)n2-c2ccccc2)cc1OC. The summed E-state index contributed by atoms with van der Waals surface area (Å²) >= 11 is 2.74. The van der Waals surface area contributed by atoms with Crippen molar-refractivity contribution < 1.29 is 14.3 Å². The van der Waals surface area contributed by atoms with Crippen LogP contribution in [-0.4, -0.2) is 35.4 Å². The molecular weight excluding hydrogens is 470 g/mol. The lowest BCUT2D eigenvalue weighted by molar-refractivity contribution is -0.118. The van der Waals surface area contributed by atoms with E-state index in [1.807, 2.05) is 56.3 Å². The molecule has 9 heteroatoms. The number of amides is 1.